The Bertz CT molecular complexity index is 975. The molecule has 1 aromatic rings. The summed E-state index contributed by atoms with van der Waals surface area (Å²) in [4.78, 5) is 30.7. The van der Waals surface area contributed by atoms with E-state index in [1.165, 1.54) is 11.3 Å². The van der Waals surface area contributed by atoms with Gasteiger partial charge in [-0.25, -0.2) is 4.98 Å². The van der Waals surface area contributed by atoms with Crippen molar-refractivity contribution < 1.29 is 19.8 Å². The molecule has 0 saturated carbocycles. The number of rotatable bonds is 3. The Morgan fingerprint density at radius 1 is 1.26 bits per heavy atom. The lowest BCUT2D eigenvalue weighted by atomic mass is 9.70. The first-order valence-corrected chi connectivity index (χ1v) is 13.3. The third-order valence-corrected chi connectivity index (χ3v) is 8.33. The van der Waals surface area contributed by atoms with Crippen LogP contribution in [0.3, 0.4) is 0 Å². The molecule has 7 heteroatoms. The minimum Gasteiger partial charge on any atom is -0.392 e. The van der Waals surface area contributed by atoms with Crippen molar-refractivity contribution in [2.45, 2.75) is 86.5 Å². The minimum absolute atomic E-state index is 0.0138. The van der Waals surface area contributed by atoms with E-state index in [1.54, 1.807) is 13.8 Å². The Morgan fingerprint density at radius 3 is 2.57 bits per heavy atom. The predicted octanol–water partition coefficient (Wildman–Crippen LogP) is 5.07. The average molecular weight is 503 g/mol. The number of carbonyl (C=O) groups is 2. The Hall–Kier alpha value is -2.09. The van der Waals surface area contributed by atoms with Crippen LogP contribution >= 0.6 is 11.3 Å². The molecule has 1 aliphatic heterocycles. The maximum Gasteiger partial charge on any atom is 0.223 e. The van der Waals surface area contributed by atoms with Crippen molar-refractivity contribution in [3.8, 4) is 0 Å². The molecule has 0 bridgehead atoms. The molecule has 0 aliphatic carbocycles. The molecular formula is C28H42N2O4S. The highest BCUT2D eigenvalue weighted by atomic mass is 32.1. The van der Waals surface area contributed by atoms with E-state index >= 15 is 0 Å². The normalized spacial score (nSPS) is 32.0. The van der Waals surface area contributed by atoms with Gasteiger partial charge in [0.15, 0.2) is 0 Å². The number of amides is 1. The third-order valence-electron chi connectivity index (χ3n) is 7.48. The maximum absolute atomic E-state index is 13.3. The summed E-state index contributed by atoms with van der Waals surface area (Å²) in [5.41, 5.74) is 1.73. The van der Waals surface area contributed by atoms with E-state index in [-0.39, 0.29) is 42.6 Å². The van der Waals surface area contributed by atoms with Crippen LogP contribution in [0.4, 0.5) is 0 Å². The highest BCUT2D eigenvalue weighted by Gasteiger charge is 2.41. The number of carbonyl (C=O) groups excluding carboxylic acids is 2. The second-order valence-electron chi connectivity index (χ2n) is 10.6. The highest BCUT2D eigenvalue weighted by molar-refractivity contribution is 7.09. The third kappa shape index (κ3) is 7.95. The molecule has 0 radical (unpaired) electrons. The summed E-state index contributed by atoms with van der Waals surface area (Å²) in [6, 6.07) is -0.290. The first-order valence-electron chi connectivity index (χ1n) is 12.4. The first kappa shape index (κ1) is 29.1. The van der Waals surface area contributed by atoms with Crippen LogP contribution in [0.1, 0.15) is 78.4 Å². The minimum atomic E-state index is -1.08. The summed E-state index contributed by atoms with van der Waals surface area (Å²) in [5, 5.41) is 25.8. The number of allylic oxidation sites excluding steroid dienone is 3. The second-order valence-corrected chi connectivity index (χ2v) is 11.5. The zero-order valence-electron chi connectivity index (χ0n) is 22.2. The molecule has 1 aliphatic rings. The van der Waals surface area contributed by atoms with Crippen molar-refractivity contribution in [1.29, 1.82) is 0 Å². The largest absolute Gasteiger partial charge is 0.392 e. The molecule has 0 aromatic carbocycles. The van der Waals surface area contributed by atoms with Gasteiger partial charge in [-0.2, -0.15) is 0 Å². The van der Waals surface area contributed by atoms with E-state index in [2.05, 4.69) is 42.4 Å². The number of hydrogen-bond acceptors (Lipinski definition) is 6. The monoisotopic (exact) mass is 502 g/mol. The molecule has 5 atom stereocenters. The van der Waals surface area contributed by atoms with Crippen LogP contribution in [-0.2, 0) is 16.2 Å². The number of nitrogens with zero attached hydrogens (tertiary/aromatic N) is 1. The maximum atomic E-state index is 13.3. The molecule has 0 saturated heterocycles. The molecule has 0 fully saturated rings. The van der Waals surface area contributed by atoms with Gasteiger partial charge in [-0.15, -0.1) is 11.3 Å². The Balaban J connectivity index is 2.37. The van der Waals surface area contributed by atoms with Crippen molar-refractivity contribution in [3.05, 3.63) is 45.5 Å². The Kier molecular flexibility index (Phi) is 10.6. The van der Waals surface area contributed by atoms with Crippen LogP contribution in [-0.4, -0.2) is 39.0 Å². The fourth-order valence-electron chi connectivity index (χ4n) is 4.38. The number of aromatic nitrogens is 1. The molecule has 2 heterocycles. The van der Waals surface area contributed by atoms with Crippen LogP contribution in [0, 0.1) is 23.2 Å². The van der Waals surface area contributed by atoms with Gasteiger partial charge in [-0.05, 0) is 50.2 Å². The summed E-state index contributed by atoms with van der Waals surface area (Å²) >= 11 is 1.39. The summed E-state index contributed by atoms with van der Waals surface area (Å²) < 4.78 is 0. The molecule has 1 amide bonds. The van der Waals surface area contributed by atoms with Crippen molar-refractivity contribution in [2.24, 2.45) is 23.2 Å². The van der Waals surface area contributed by atoms with Crippen molar-refractivity contribution >= 4 is 29.1 Å². The fraction of sp³-hybridized carbons (Fsp3) is 0.607. The van der Waals surface area contributed by atoms with Gasteiger partial charge in [0.05, 0.1) is 36.3 Å². The van der Waals surface area contributed by atoms with Gasteiger partial charge in [0.2, 0.25) is 5.91 Å². The van der Waals surface area contributed by atoms with E-state index in [4.69, 9.17) is 0 Å². The lowest BCUT2D eigenvalue weighted by Gasteiger charge is -2.35. The van der Waals surface area contributed by atoms with Gasteiger partial charge in [-0.3, -0.25) is 9.59 Å². The smallest absolute Gasteiger partial charge is 0.223 e. The SMILES string of the molecule is CC1=C/C[C@@H](/C(C)=C/c2csc(CO)n2)NC(=O)C[C@H](O)C(C)(C)C(=O)[C@H](C)[C@@H](C)[C@@H](C)C\C=C\1. The van der Waals surface area contributed by atoms with Gasteiger partial charge < -0.3 is 15.5 Å². The van der Waals surface area contributed by atoms with Gasteiger partial charge in [-0.1, -0.05) is 58.4 Å². The van der Waals surface area contributed by atoms with Crippen LogP contribution in [0.2, 0.25) is 0 Å². The zero-order chi connectivity index (χ0) is 26.3. The zero-order valence-corrected chi connectivity index (χ0v) is 23.0. The molecule has 6 nitrogen and oxygen atoms in total. The number of aliphatic hydroxyl groups is 2. The highest BCUT2D eigenvalue weighted by Crippen LogP contribution is 2.34. The van der Waals surface area contributed by atoms with Gasteiger partial charge in [0.25, 0.3) is 0 Å². The number of hydrogen-bond donors (Lipinski definition) is 3. The lowest BCUT2D eigenvalue weighted by Crippen LogP contribution is -2.46. The van der Waals surface area contributed by atoms with Crippen LogP contribution < -0.4 is 5.32 Å². The van der Waals surface area contributed by atoms with Crippen molar-refractivity contribution in [2.75, 3.05) is 0 Å². The number of nitrogens with one attached hydrogen (secondary N) is 1. The van der Waals surface area contributed by atoms with E-state index in [1.807, 2.05) is 32.2 Å². The standard InChI is InChI=1S/C28H42N2O4S/c1-17-9-8-10-18(2)20(4)21(5)27(34)28(6,7)24(32)14-25(33)30-23(12-11-17)19(3)13-22-16-35-26(15-31)29-22/h8-9,11,13,16,18,20-21,23-24,31-32H,10,12,14-15H2,1-7H3,(H,30,33)/b9-8+,17-11-,19-13+/t18-,20-,21+,23-,24-/m0/s1. The average Bonchev–Trinajstić information content (AvgIpc) is 3.26. The summed E-state index contributed by atoms with van der Waals surface area (Å²) in [6.45, 7) is 13.5. The summed E-state index contributed by atoms with van der Waals surface area (Å²) in [6.07, 6.45) is 8.48. The molecule has 35 heavy (non-hydrogen) atoms. The van der Waals surface area contributed by atoms with Gasteiger partial charge in [0.1, 0.15) is 10.8 Å². The number of Topliss-reactive ketones (excluding diaryl/α,β-unsaturated/α-hetero) is 1. The van der Waals surface area contributed by atoms with E-state index in [9.17, 15) is 19.8 Å². The molecule has 1 aromatic heterocycles. The van der Waals surface area contributed by atoms with Crippen molar-refractivity contribution in [3.63, 3.8) is 0 Å². The first-order chi connectivity index (χ1) is 16.4. The Labute approximate surface area is 214 Å². The molecule has 0 unspecified atom stereocenters. The fourth-order valence-corrected chi connectivity index (χ4v) is 4.99. The van der Waals surface area contributed by atoms with Gasteiger partial charge >= 0.3 is 0 Å². The topological polar surface area (TPSA) is 99.5 Å². The molecule has 2 rings (SSSR count). The Morgan fingerprint density at radius 2 is 1.94 bits per heavy atom. The number of ketones is 1. The molecule has 0 spiro atoms. The lowest BCUT2D eigenvalue weighted by molar-refractivity contribution is -0.140. The summed E-state index contributed by atoms with van der Waals surface area (Å²) in [5.74, 6) is -0.0790. The van der Waals surface area contributed by atoms with E-state index < -0.39 is 11.5 Å². The second kappa shape index (κ2) is 12.7. The van der Waals surface area contributed by atoms with Crippen LogP contribution in [0.15, 0.2) is 34.8 Å². The molecule has 3 N–H and O–H groups in total. The van der Waals surface area contributed by atoms with Gasteiger partial charge in [0, 0.05) is 11.3 Å². The quantitative estimate of drug-likeness (QED) is 0.536. The van der Waals surface area contributed by atoms with E-state index in [0.29, 0.717) is 17.3 Å². The number of thiazole rings is 1. The van der Waals surface area contributed by atoms with E-state index in [0.717, 1.165) is 23.3 Å². The molecule has 194 valence electrons. The van der Waals surface area contributed by atoms with Crippen molar-refractivity contribution in [1.82, 2.24) is 10.3 Å². The van der Waals surface area contributed by atoms with Crippen LogP contribution in [0.5, 0.6) is 0 Å². The van der Waals surface area contributed by atoms with Crippen LogP contribution in [0.25, 0.3) is 6.08 Å². The molecular weight excluding hydrogens is 460 g/mol. The number of aliphatic hydroxyl groups excluding tert-OH is 2. The summed E-state index contributed by atoms with van der Waals surface area (Å²) in [7, 11) is 0. The predicted molar refractivity (Wildman–Crippen MR) is 143 cm³/mol.